The first-order valence-corrected chi connectivity index (χ1v) is 11.0. The van der Waals surface area contributed by atoms with Gasteiger partial charge >= 0.3 is 11.8 Å². The summed E-state index contributed by atoms with van der Waals surface area (Å²) in [6.07, 6.45) is 4.46. The van der Waals surface area contributed by atoms with Crippen molar-refractivity contribution in [3.63, 3.8) is 0 Å². The van der Waals surface area contributed by atoms with Crippen molar-refractivity contribution in [2.45, 2.75) is 35.1 Å². The number of rotatable bonds is 3. The number of piperidine rings is 1. The Morgan fingerprint density at radius 3 is 2.65 bits per heavy atom. The molecule has 4 heterocycles. The summed E-state index contributed by atoms with van der Waals surface area (Å²) < 4.78 is 34.6. The van der Waals surface area contributed by atoms with Crippen LogP contribution in [-0.4, -0.2) is 49.2 Å². The normalized spacial score (nSPS) is 21.7. The summed E-state index contributed by atoms with van der Waals surface area (Å²) in [6.45, 7) is 3.05. The minimum absolute atomic E-state index is 0.171. The molecule has 164 valence electrons. The summed E-state index contributed by atoms with van der Waals surface area (Å²) >= 11 is 0.972. The van der Waals surface area contributed by atoms with Gasteiger partial charge in [0.2, 0.25) is 0 Å². The smallest absolute Gasteiger partial charge is 0.353 e. The zero-order chi connectivity index (χ0) is 21.8. The monoisotopic (exact) mass is 448 g/mol. The van der Waals surface area contributed by atoms with Crippen LogP contribution in [0.3, 0.4) is 0 Å². The lowest BCUT2D eigenvalue weighted by Crippen LogP contribution is -2.42. The van der Waals surface area contributed by atoms with Crippen molar-refractivity contribution in [2.24, 2.45) is 5.41 Å². The minimum atomic E-state index is -3.60. The number of hydrogen-bond donors (Lipinski definition) is 1. The highest BCUT2D eigenvalue weighted by Gasteiger charge is 2.53. The number of nitrogens with zero attached hydrogens (tertiary/aromatic N) is 3. The van der Waals surface area contributed by atoms with E-state index < -0.39 is 11.8 Å². The molecule has 1 N–H and O–H groups in total. The van der Waals surface area contributed by atoms with E-state index in [2.05, 4.69) is 9.97 Å². The van der Waals surface area contributed by atoms with Crippen LogP contribution in [0.4, 0.5) is 20.3 Å². The first-order chi connectivity index (χ1) is 14.8. The lowest BCUT2D eigenvalue weighted by Gasteiger charge is -2.38. The van der Waals surface area contributed by atoms with E-state index in [0.29, 0.717) is 10.8 Å². The van der Waals surface area contributed by atoms with Crippen LogP contribution in [0.5, 0.6) is 0 Å². The van der Waals surface area contributed by atoms with E-state index in [4.69, 9.17) is 4.74 Å². The number of alkyl halides is 2. The standard InChI is InChI=1S/C21H22F2N4O3S/c1-26-13-3-2-4-14(16(13)21(22,23)19(26)29)31-15-11-24-17(18(28)25-15)27-8-5-20(6-9-27)7-10-30-12-20/h2-4,11H,5-10,12H2,1H3,(H,25,28). The molecule has 5 rings (SSSR count). The highest BCUT2D eigenvalue weighted by molar-refractivity contribution is 7.99. The second-order valence-corrected chi connectivity index (χ2v) is 9.46. The molecule has 31 heavy (non-hydrogen) atoms. The number of amides is 1. The first-order valence-electron chi connectivity index (χ1n) is 10.2. The van der Waals surface area contributed by atoms with Crippen molar-refractivity contribution in [3.8, 4) is 0 Å². The second kappa shape index (κ2) is 7.30. The Balaban J connectivity index is 1.37. The first kappa shape index (κ1) is 20.4. The zero-order valence-corrected chi connectivity index (χ0v) is 17.8. The number of aromatic nitrogens is 2. The van der Waals surface area contributed by atoms with E-state index in [1.165, 1.54) is 25.4 Å². The number of anilines is 2. The molecule has 1 aromatic heterocycles. The average Bonchev–Trinajstić information content (AvgIpc) is 3.27. The number of hydrogen-bond acceptors (Lipinski definition) is 6. The maximum atomic E-state index is 14.5. The highest BCUT2D eigenvalue weighted by Crippen LogP contribution is 2.49. The molecule has 2 saturated heterocycles. The van der Waals surface area contributed by atoms with Crippen LogP contribution in [0.15, 0.2) is 39.1 Å². The van der Waals surface area contributed by atoms with E-state index in [0.717, 1.165) is 62.2 Å². The lowest BCUT2D eigenvalue weighted by molar-refractivity contribution is -0.141. The summed E-state index contributed by atoms with van der Waals surface area (Å²) in [5.74, 6) is -4.51. The van der Waals surface area contributed by atoms with Gasteiger partial charge in [-0.25, -0.2) is 4.98 Å². The summed E-state index contributed by atoms with van der Waals surface area (Å²) in [7, 11) is 1.33. The molecule has 1 amide bonds. The summed E-state index contributed by atoms with van der Waals surface area (Å²) in [4.78, 5) is 34.9. The van der Waals surface area contributed by atoms with Gasteiger partial charge in [-0.3, -0.25) is 9.59 Å². The number of fused-ring (bicyclic) bond motifs is 1. The fourth-order valence-electron chi connectivity index (χ4n) is 4.64. The van der Waals surface area contributed by atoms with Crippen molar-refractivity contribution >= 4 is 29.2 Å². The Labute approximate surface area is 181 Å². The van der Waals surface area contributed by atoms with Crippen LogP contribution in [0.2, 0.25) is 0 Å². The molecular formula is C21H22F2N4O3S. The molecule has 10 heteroatoms. The van der Waals surface area contributed by atoms with Gasteiger partial charge in [0.05, 0.1) is 29.1 Å². The number of carbonyl (C=O) groups excluding carboxylic acids is 1. The number of ether oxygens (including phenoxy) is 1. The molecule has 3 aliphatic rings. The summed E-state index contributed by atoms with van der Waals surface area (Å²) in [6, 6.07) is 4.62. The molecule has 3 aliphatic heterocycles. The van der Waals surface area contributed by atoms with Crippen molar-refractivity contribution in [3.05, 3.63) is 40.3 Å². The Hall–Kier alpha value is -2.46. The van der Waals surface area contributed by atoms with Crippen LogP contribution in [0.1, 0.15) is 24.8 Å². The molecule has 1 aromatic carbocycles. The Kier molecular flexibility index (Phi) is 4.82. The minimum Gasteiger partial charge on any atom is -0.381 e. The maximum Gasteiger partial charge on any atom is 0.353 e. The molecule has 0 unspecified atom stereocenters. The predicted molar refractivity (Wildman–Crippen MR) is 112 cm³/mol. The van der Waals surface area contributed by atoms with Crippen molar-refractivity contribution in [1.29, 1.82) is 0 Å². The van der Waals surface area contributed by atoms with Gasteiger partial charge < -0.3 is 19.5 Å². The van der Waals surface area contributed by atoms with E-state index in [1.807, 2.05) is 4.90 Å². The highest BCUT2D eigenvalue weighted by atomic mass is 32.2. The van der Waals surface area contributed by atoms with Gasteiger partial charge in [-0.05, 0) is 36.8 Å². The van der Waals surface area contributed by atoms with Crippen LogP contribution < -0.4 is 15.4 Å². The fraction of sp³-hybridized carbons (Fsp3) is 0.476. The molecule has 0 radical (unpaired) electrons. The van der Waals surface area contributed by atoms with E-state index in [9.17, 15) is 18.4 Å². The molecular weight excluding hydrogens is 426 g/mol. The van der Waals surface area contributed by atoms with Crippen LogP contribution in [-0.2, 0) is 15.5 Å². The Morgan fingerprint density at radius 1 is 1.19 bits per heavy atom. The zero-order valence-electron chi connectivity index (χ0n) is 17.0. The number of likely N-dealkylation sites (N-methyl/N-ethyl adjacent to an activating group) is 1. The second-order valence-electron chi connectivity index (χ2n) is 8.38. The molecule has 0 bridgehead atoms. The van der Waals surface area contributed by atoms with Gasteiger partial charge in [0, 0.05) is 31.6 Å². The number of aromatic amines is 1. The van der Waals surface area contributed by atoms with Crippen molar-refractivity contribution < 1.29 is 18.3 Å². The number of halogens is 2. The third-order valence-corrected chi connectivity index (χ3v) is 7.51. The van der Waals surface area contributed by atoms with Gasteiger partial charge in [0.15, 0.2) is 5.82 Å². The Bertz CT molecular complexity index is 1090. The molecule has 0 atom stereocenters. The van der Waals surface area contributed by atoms with Crippen LogP contribution in [0, 0.1) is 5.41 Å². The topological polar surface area (TPSA) is 78.5 Å². The number of benzene rings is 1. The van der Waals surface area contributed by atoms with Crippen molar-refractivity contribution in [1.82, 2.24) is 9.97 Å². The largest absolute Gasteiger partial charge is 0.381 e. The van der Waals surface area contributed by atoms with Gasteiger partial charge in [-0.1, -0.05) is 17.8 Å². The fourth-order valence-corrected chi connectivity index (χ4v) is 5.60. The third-order valence-electron chi connectivity index (χ3n) is 6.53. The number of carbonyl (C=O) groups is 1. The molecule has 2 fully saturated rings. The molecule has 0 saturated carbocycles. The molecule has 0 aliphatic carbocycles. The summed E-state index contributed by atoms with van der Waals surface area (Å²) in [5.41, 5.74) is -0.290. The number of nitrogens with one attached hydrogen (secondary N) is 1. The van der Waals surface area contributed by atoms with Gasteiger partial charge in [-0.15, -0.1) is 0 Å². The van der Waals surface area contributed by atoms with Crippen molar-refractivity contribution in [2.75, 3.05) is 43.2 Å². The Morgan fingerprint density at radius 2 is 1.97 bits per heavy atom. The van der Waals surface area contributed by atoms with Gasteiger partial charge in [0.1, 0.15) is 0 Å². The van der Waals surface area contributed by atoms with E-state index in [1.54, 1.807) is 6.07 Å². The quantitative estimate of drug-likeness (QED) is 0.778. The summed E-state index contributed by atoms with van der Waals surface area (Å²) in [5, 5.41) is 0.345. The van der Waals surface area contributed by atoms with E-state index >= 15 is 0 Å². The van der Waals surface area contributed by atoms with Crippen LogP contribution in [0.25, 0.3) is 0 Å². The molecule has 1 spiro atoms. The predicted octanol–water partition coefficient (Wildman–Crippen LogP) is 3.00. The van der Waals surface area contributed by atoms with Gasteiger partial charge in [-0.2, -0.15) is 8.78 Å². The van der Waals surface area contributed by atoms with Crippen LogP contribution >= 0.6 is 11.8 Å². The SMILES string of the molecule is CN1C(=O)C(F)(F)c2c(Sc3cnc(N4CCC5(CCOC5)CC4)c(=O)[nH]3)cccc21. The van der Waals surface area contributed by atoms with Gasteiger partial charge in [0.25, 0.3) is 5.56 Å². The molecule has 7 nitrogen and oxygen atoms in total. The lowest BCUT2D eigenvalue weighted by atomic mass is 9.78. The van der Waals surface area contributed by atoms with E-state index in [-0.39, 0.29) is 27.1 Å². The molecule has 2 aromatic rings. The maximum absolute atomic E-state index is 14.5. The third kappa shape index (κ3) is 3.32. The average molecular weight is 448 g/mol. The number of H-pyrrole nitrogens is 1.